The Balaban J connectivity index is 1.48. The number of nitrogens with one attached hydrogen (secondary N) is 2. The second-order valence-electron chi connectivity index (χ2n) is 7.95. The van der Waals surface area contributed by atoms with Crippen molar-refractivity contribution in [2.45, 2.75) is 51.0 Å². The summed E-state index contributed by atoms with van der Waals surface area (Å²) in [6.45, 7) is 2.45. The fraction of sp³-hybridized carbons (Fsp3) is 0.700. The maximum atomic E-state index is 12.3. The van der Waals surface area contributed by atoms with E-state index in [1.807, 2.05) is 0 Å². The highest BCUT2D eigenvalue weighted by Gasteiger charge is 2.31. The Morgan fingerprint density at radius 2 is 1.83 bits per heavy atom. The van der Waals surface area contributed by atoms with Gasteiger partial charge in [0, 0.05) is 25.5 Å². The number of anilines is 1. The SMILES string of the molecule is COC(=O)[C@@H](NCC1CCN(c2ncc(C(=O)NO)cn2)CC1)C1CCCCC1. The highest BCUT2D eigenvalue weighted by atomic mass is 16.5. The second-order valence-corrected chi connectivity index (χ2v) is 7.95. The fourth-order valence-corrected chi connectivity index (χ4v) is 4.33. The van der Waals surface area contributed by atoms with Crippen molar-refractivity contribution < 1.29 is 19.5 Å². The lowest BCUT2D eigenvalue weighted by molar-refractivity contribution is -0.145. The molecule has 9 nitrogen and oxygen atoms in total. The molecule has 1 aromatic heterocycles. The van der Waals surface area contributed by atoms with Gasteiger partial charge in [-0.1, -0.05) is 19.3 Å². The van der Waals surface area contributed by atoms with Crippen LogP contribution < -0.4 is 15.7 Å². The first-order valence-electron chi connectivity index (χ1n) is 10.4. The zero-order valence-corrected chi connectivity index (χ0v) is 17.0. The van der Waals surface area contributed by atoms with E-state index in [0.29, 0.717) is 17.8 Å². The maximum Gasteiger partial charge on any atom is 0.323 e. The Morgan fingerprint density at radius 3 is 2.41 bits per heavy atom. The molecule has 0 aromatic carbocycles. The number of carbonyl (C=O) groups is 2. The van der Waals surface area contributed by atoms with E-state index < -0.39 is 5.91 Å². The standard InChI is InChI=1S/C20H31N5O4/c1-29-19(27)17(15-5-3-2-4-6-15)21-11-14-7-9-25(10-8-14)20-22-12-16(13-23-20)18(26)24-28/h12-15,17,21,28H,2-11H2,1H3,(H,24,26)/t17-/m0/s1. The largest absolute Gasteiger partial charge is 0.468 e. The van der Waals surface area contributed by atoms with E-state index in [9.17, 15) is 9.59 Å². The average molecular weight is 405 g/mol. The van der Waals surface area contributed by atoms with Gasteiger partial charge in [0.25, 0.3) is 5.91 Å². The molecule has 1 amide bonds. The summed E-state index contributed by atoms with van der Waals surface area (Å²) in [7, 11) is 1.47. The lowest BCUT2D eigenvalue weighted by Crippen LogP contribution is -2.47. The lowest BCUT2D eigenvalue weighted by atomic mass is 9.83. The van der Waals surface area contributed by atoms with Crippen molar-refractivity contribution >= 4 is 17.8 Å². The summed E-state index contributed by atoms with van der Waals surface area (Å²) >= 11 is 0. The van der Waals surface area contributed by atoms with Gasteiger partial charge in [-0.2, -0.15) is 0 Å². The zero-order valence-electron chi connectivity index (χ0n) is 17.0. The molecule has 160 valence electrons. The Labute approximate surface area is 171 Å². The predicted octanol–water partition coefficient (Wildman–Crippen LogP) is 1.52. The van der Waals surface area contributed by atoms with Gasteiger partial charge in [0.1, 0.15) is 6.04 Å². The Morgan fingerprint density at radius 1 is 1.17 bits per heavy atom. The van der Waals surface area contributed by atoms with Crippen LogP contribution in [0.5, 0.6) is 0 Å². The van der Waals surface area contributed by atoms with Gasteiger partial charge in [-0.3, -0.25) is 14.8 Å². The first-order chi connectivity index (χ1) is 14.1. The summed E-state index contributed by atoms with van der Waals surface area (Å²) in [4.78, 5) is 34.2. The molecule has 0 radical (unpaired) electrons. The average Bonchev–Trinajstić information content (AvgIpc) is 2.79. The fourth-order valence-electron chi connectivity index (χ4n) is 4.33. The summed E-state index contributed by atoms with van der Waals surface area (Å²) < 4.78 is 5.04. The van der Waals surface area contributed by atoms with Crippen molar-refractivity contribution in [1.29, 1.82) is 0 Å². The van der Waals surface area contributed by atoms with Crippen LogP contribution >= 0.6 is 0 Å². The number of aromatic nitrogens is 2. The monoisotopic (exact) mass is 405 g/mol. The summed E-state index contributed by atoms with van der Waals surface area (Å²) in [6, 6.07) is -0.202. The van der Waals surface area contributed by atoms with Gasteiger partial charge in [-0.05, 0) is 44.1 Å². The van der Waals surface area contributed by atoms with E-state index in [1.165, 1.54) is 38.8 Å². The number of hydrogen-bond acceptors (Lipinski definition) is 8. The number of nitrogens with zero attached hydrogens (tertiary/aromatic N) is 3. The van der Waals surface area contributed by atoms with Crippen LogP contribution in [0.2, 0.25) is 0 Å². The van der Waals surface area contributed by atoms with Crippen molar-refractivity contribution in [3.8, 4) is 0 Å². The van der Waals surface area contributed by atoms with Crippen LogP contribution in [-0.2, 0) is 9.53 Å². The van der Waals surface area contributed by atoms with Crippen LogP contribution in [0.15, 0.2) is 12.4 Å². The van der Waals surface area contributed by atoms with Crippen LogP contribution in [0.4, 0.5) is 5.95 Å². The first-order valence-corrected chi connectivity index (χ1v) is 10.4. The summed E-state index contributed by atoms with van der Waals surface area (Å²) in [5, 5.41) is 12.2. The minimum Gasteiger partial charge on any atom is -0.468 e. The van der Waals surface area contributed by atoms with Crippen molar-refractivity contribution in [2.24, 2.45) is 11.8 Å². The molecule has 3 N–H and O–H groups in total. The van der Waals surface area contributed by atoms with Gasteiger partial charge in [-0.15, -0.1) is 0 Å². The molecule has 29 heavy (non-hydrogen) atoms. The van der Waals surface area contributed by atoms with Crippen LogP contribution in [0.1, 0.15) is 55.3 Å². The summed E-state index contributed by atoms with van der Waals surface area (Å²) in [5.41, 5.74) is 1.79. The Kier molecular flexibility index (Phi) is 7.76. The second kappa shape index (κ2) is 10.5. The van der Waals surface area contributed by atoms with Crippen LogP contribution in [0.25, 0.3) is 0 Å². The van der Waals surface area contributed by atoms with Gasteiger partial charge in [0.15, 0.2) is 0 Å². The number of rotatable bonds is 7. The molecule has 0 bridgehead atoms. The van der Waals surface area contributed by atoms with Crippen molar-refractivity contribution in [2.75, 3.05) is 31.6 Å². The molecule has 1 atom stereocenters. The number of hydroxylamine groups is 1. The smallest absolute Gasteiger partial charge is 0.323 e. The molecule has 1 saturated heterocycles. The normalized spacial score (nSPS) is 19.6. The third kappa shape index (κ3) is 5.63. The molecule has 2 fully saturated rings. The molecule has 0 unspecified atom stereocenters. The number of esters is 1. The van der Waals surface area contributed by atoms with Gasteiger partial charge in [0.2, 0.25) is 5.95 Å². The zero-order chi connectivity index (χ0) is 20.6. The molecule has 1 aliphatic heterocycles. The highest BCUT2D eigenvalue weighted by Crippen LogP contribution is 2.28. The van der Waals surface area contributed by atoms with Crippen molar-refractivity contribution in [3.05, 3.63) is 18.0 Å². The number of ether oxygens (including phenoxy) is 1. The highest BCUT2D eigenvalue weighted by molar-refractivity contribution is 5.92. The van der Waals surface area contributed by atoms with Crippen molar-refractivity contribution in [3.63, 3.8) is 0 Å². The van der Waals surface area contributed by atoms with E-state index in [4.69, 9.17) is 9.94 Å². The third-order valence-corrected chi connectivity index (χ3v) is 6.10. The minimum absolute atomic E-state index is 0.144. The molecule has 2 heterocycles. The number of piperidine rings is 1. The molecule has 1 saturated carbocycles. The summed E-state index contributed by atoms with van der Waals surface area (Å²) in [6.07, 6.45) is 10.6. The van der Waals surface area contributed by atoms with Crippen LogP contribution in [0.3, 0.4) is 0 Å². The van der Waals surface area contributed by atoms with Gasteiger partial charge in [0.05, 0.1) is 12.7 Å². The molecular weight excluding hydrogens is 374 g/mol. The van der Waals surface area contributed by atoms with Crippen molar-refractivity contribution in [1.82, 2.24) is 20.8 Å². The molecule has 9 heteroatoms. The van der Waals surface area contributed by atoms with E-state index in [-0.39, 0.29) is 17.6 Å². The predicted molar refractivity (Wildman–Crippen MR) is 107 cm³/mol. The molecule has 0 spiro atoms. The molecular formula is C20H31N5O4. The molecule has 2 aliphatic rings. The minimum atomic E-state index is -0.626. The molecule has 3 rings (SSSR count). The van der Waals surface area contributed by atoms with E-state index in [1.54, 1.807) is 5.48 Å². The van der Waals surface area contributed by atoms with Gasteiger partial charge in [-0.25, -0.2) is 15.4 Å². The number of hydrogen-bond donors (Lipinski definition) is 3. The van der Waals surface area contributed by atoms with Gasteiger partial charge < -0.3 is 15.0 Å². The summed E-state index contributed by atoms with van der Waals surface area (Å²) in [5.74, 6) is 0.676. The van der Waals surface area contributed by atoms with Gasteiger partial charge >= 0.3 is 5.97 Å². The Bertz CT molecular complexity index is 670. The topological polar surface area (TPSA) is 117 Å². The third-order valence-electron chi connectivity index (χ3n) is 6.10. The lowest BCUT2D eigenvalue weighted by Gasteiger charge is -2.34. The first kappa shape index (κ1) is 21.4. The number of amides is 1. The Hall–Kier alpha value is -2.26. The van der Waals surface area contributed by atoms with E-state index >= 15 is 0 Å². The van der Waals surface area contributed by atoms with E-state index in [2.05, 4.69) is 20.2 Å². The molecule has 1 aromatic rings. The quantitative estimate of drug-likeness (QED) is 0.355. The maximum absolute atomic E-state index is 12.3. The number of carbonyl (C=O) groups excluding carboxylic acids is 2. The van der Waals surface area contributed by atoms with Crippen LogP contribution in [0, 0.1) is 11.8 Å². The van der Waals surface area contributed by atoms with Crippen LogP contribution in [-0.4, -0.2) is 59.8 Å². The number of methoxy groups -OCH3 is 1. The van der Waals surface area contributed by atoms with E-state index in [0.717, 1.165) is 45.3 Å². The molecule has 1 aliphatic carbocycles.